The van der Waals surface area contributed by atoms with Crippen molar-refractivity contribution in [2.45, 2.75) is 0 Å². The highest BCUT2D eigenvalue weighted by molar-refractivity contribution is 6.29. The third kappa shape index (κ3) is 2.52. The zero-order valence-corrected chi connectivity index (χ0v) is 11.4. The van der Waals surface area contributed by atoms with E-state index in [4.69, 9.17) is 4.74 Å². The normalized spacial score (nSPS) is 13.5. The van der Waals surface area contributed by atoms with E-state index in [0.717, 1.165) is 4.90 Å². The molecule has 0 radical (unpaired) electrons. The number of nitrogens with zero attached hydrogens (tertiary/aromatic N) is 1. The molecule has 1 heterocycles. The summed E-state index contributed by atoms with van der Waals surface area (Å²) in [4.78, 5) is 36.8. The topological polar surface area (TPSA) is 63.7 Å². The van der Waals surface area contributed by atoms with Crippen molar-refractivity contribution in [2.24, 2.45) is 0 Å². The largest absolute Gasteiger partial charge is 0.423 e. The van der Waals surface area contributed by atoms with Gasteiger partial charge in [-0.05, 0) is 24.3 Å². The molecule has 0 bridgehead atoms. The Morgan fingerprint density at radius 2 is 1.41 bits per heavy atom. The highest BCUT2D eigenvalue weighted by Gasteiger charge is 2.29. The van der Waals surface area contributed by atoms with Gasteiger partial charge in [-0.3, -0.25) is 9.59 Å². The number of esters is 1. The first-order valence-electron chi connectivity index (χ1n) is 6.59. The molecule has 0 fully saturated rings. The number of hydrogen-bond acceptors (Lipinski definition) is 4. The van der Waals surface area contributed by atoms with Crippen LogP contribution in [0.4, 0.5) is 5.69 Å². The molecular formula is C17H11NO4. The lowest BCUT2D eigenvalue weighted by molar-refractivity contribution is -0.119. The van der Waals surface area contributed by atoms with Gasteiger partial charge in [0.1, 0.15) is 5.75 Å². The van der Waals surface area contributed by atoms with Gasteiger partial charge in [0.2, 0.25) is 0 Å². The van der Waals surface area contributed by atoms with Crippen molar-refractivity contribution in [3.05, 3.63) is 72.3 Å². The van der Waals surface area contributed by atoms with Crippen LogP contribution in [-0.4, -0.2) is 17.8 Å². The first-order valence-corrected chi connectivity index (χ1v) is 6.59. The predicted octanol–water partition coefficient (Wildman–Crippen LogP) is 2.34. The second-order valence-corrected chi connectivity index (χ2v) is 4.56. The number of para-hydroxylation sites is 2. The molecule has 0 aliphatic carbocycles. The van der Waals surface area contributed by atoms with Crippen LogP contribution in [0.2, 0.25) is 0 Å². The molecule has 1 aliphatic heterocycles. The van der Waals surface area contributed by atoms with E-state index in [9.17, 15) is 14.4 Å². The van der Waals surface area contributed by atoms with E-state index < -0.39 is 17.8 Å². The van der Waals surface area contributed by atoms with Crippen molar-refractivity contribution in [3.8, 4) is 5.75 Å². The molecule has 108 valence electrons. The summed E-state index contributed by atoms with van der Waals surface area (Å²) in [5, 5.41) is 0. The minimum Gasteiger partial charge on any atom is -0.423 e. The summed E-state index contributed by atoms with van der Waals surface area (Å²) in [7, 11) is 0. The third-order valence-corrected chi connectivity index (χ3v) is 3.13. The summed E-state index contributed by atoms with van der Waals surface area (Å²) in [5.74, 6) is -1.20. The maximum atomic E-state index is 12.3. The molecule has 2 amide bonds. The monoisotopic (exact) mass is 293 g/mol. The van der Waals surface area contributed by atoms with Crippen LogP contribution in [0, 0.1) is 0 Å². The number of carbonyl (C=O) groups excluding carboxylic acids is 3. The number of rotatable bonds is 3. The van der Waals surface area contributed by atoms with Gasteiger partial charge in [0.25, 0.3) is 11.8 Å². The lowest BCUT2D eigenvalue weighted by Crippen LogP contribution is -2.31. The zero-order valence-electron chi connectivity index (χ0n) is 11.4. The first-order chi connectivity index (χ1) is 10.7. The standard InChI is InChI=1S/C17H11NO4/c19-15-10-11-16(20)18(15)14-9-5-4-8-13(14)17(21)22-12-6-2-1-3-7-12/h1-11H. The average molecular weight is 293 g/mol. The highest BCUT2D eigenvalue weighted by Crippen LogP contribution is 2.25. The molecular weight excluding hydrogens is 282 g/mol. The number of carbonyl (C=O) groups is 3. The van der Waals surface area contributed by atoms with Crippen molar-refractivity contribution in [2.75, 3.05) is 4.90 Å². The summed E-state index contributed by atoms with van der Waals surface area (Å²) in [6.07, 6.45) is 2.34. The van der Waals surface area contributed by atoms with Crippen LogP contribution in [0.25, 0.3) is 0 Å². The number of imide groups is 1. The fourth-order valence-corrected chi connectivity index (χ4v) is 2.13. The van der Waals surface area contributed by atoms with E-state index in [-0.39, 0.29) is 11.3 Å². The summed E-state index contributed by atoms with van der Waals surface area (Å²) in [5.41, 5.74) is 0.361. The zero-order chi connectivity index (χ0) is 15.5. The molecule has 0 saturated carbocycles. The molecule has 22 heavy (non-hydrogen) atoms. The number of anilines is 1. The fourth-order valence-electron chi connectivity index (χ4n) is 2.13. The quantitative estimate of drug-likeness (QED) is 0.495. The Hall–Kier alpha value is -3.21. The van der Waals surface area contributed by atoms with Gasteiger partial charge < -0.3 is 4.74 Å². The van der Waals surface area contributed by atoms with Gasteiger partial charge >= 0.3 is 5.97 Å². The van der Waals surface area contributed by atoms with E-state index in [1.807, 2.05) is 0 Å². The minimum absolute atomic E-state index is 0.150. The van der Waals surface area contributed by atoms with Crippen molar-refractivity contribution in [1.82, 2.24) is 0 Å². The van der Waals surface area contributed by atoms with Gasteiger partial charge in [0, 0.05) is 12.2 Å². The fraction of sp³-hybridized carbons (Fsp3) is 0. The van der Waals surface area contributed by atoms with Gasteiger partial charge in [0.05, 0.1) is 11.3 Å². The summed E-state index contributed by atoms with van der Waals surface area (Å²) < 4.78 is 5.26. The molecule has 0 N–H and O–H groups in total. The minimum atomic E-state index is -0.630. The van der Waals surface area contributed by atoms with E-state index in [0.29, 0.717) is 5.75 Å². The first kappa shape index (κ1) is 13.8. The van der Waals surface area contributed by atoms with Crippen molar-refractivity contribution >= 4 is 23.5 Å². The van der Waals surface area contributed by atoms with Gasteiger partial charge in [-0.2, -0.15) is 0 Å². The van der Waals surface area contributed by atoms with Crippen LogP contribution in [0.15, 0.2) is 66.7 Å². The van der Waals surface area contributed by atoms with Crippen molar-refractivity contribution < 1.29 is 19.1 Å². The Morgan fingerprint density at radius 3 is 2.09 bits per heavy atom. The summed E-state index contributed by atoms with van der Waals surface area (Å²) in [6.45, 7) is 0. The van der Waals surface area contributed by atoms with Crippen LogP contribution in [0.1, 0.15) is 10.4 Å². The molecule has 1 aliphatic rings. The summed E-state index contributed by atoms with van der Waals surface area (Å²) in [6, 6.07) is 14.9. The van der Waals surface area contributed by atoms with Gasteiger partial charge in [-0.25, -0.2) is 9.69 Å². The summed E-state index contributed by atoms with van der Waals surface area (Å²) >= 11 is 0. The van der Waals surface area contributed by atoms with Crippen LogP contribution >= 0.6 is 0 Å². The predicted molar refractivity (Wildman–Crippen MR) is 79.5 cm³/mol. The van der Waals surface area contributed by atoms with Crippen LogP contribution in [-0.2, 0) is 9.59 Å². The SMILES string of the molecule is O=C(Oc1ccccc1)c1ccccc1N1C(=O)C=CC1=O. The van der Waals surface area contributed by atoms with Crippen molar-refractivity contribution in [1.29, 1.82) is 0 Å². The van der Waals surface area contributed by atoms with E-state index in [1.165, 1.54) is 24.3 Å². The molecule has 2 aromatic rings. The molecule has 0 aromatic heterocycles. The van der Waals surface area contributed by atoms with Crippen LogP contribution in [0.3, 0.4) is 0 Å². The molecule has 0 spiro atoms. The maximum absolute atomic E-state index is 12.3. The van der Waals surface area contributed by atoms with Crippen LogP contribution < -0.4 is 9.64 Å². The number of amides is 2. The Balaban J connectivity index is 1.93. The number of benzene rings is 2. The average Bonchev–Trinajstić information content (AvgIpc) is 2.87. The van der Waals surface area contributed by atoms with E-state index in [1.54, 1.807) is 42.5 Å². The lowest BCUT2D eigenvalue weighted by Gasteiger charge is -2.17. The lowest BCUT2D eigenvalue weighted by atomic mass is 10.1. The molecule has 0 unspecified atom stereocenters. The number of hydrogen-bond donors (Lipinski definition) is 0. The maximum Gasteiger partial charge on any atom is 0.345 e. The van der Waals surface area contributed by atoms with Gasteiger partial charge in [-0.1, -0.05) is 30.3 Å². The Bertz CT molecular complexity index is 762. The van der Waals surface area contributed by atoms with Gasteiger partial charge in [0.15, 0.2) is 0 Å². The third-order valence-electron chi connectivity index (χ3n) is 3.13. The van der Waals surface area contributed by atoms with Crippen LogP contribution in [0.5, 0.6) is 5.75 Å². The Morgan fingerprint density at radius 1 is 0.818 bits per heavy atom. The highest BCUT2D eigenvalue weighted by atomic mass is 16.5. The van der Waals surface area contributed by atoms with Gasteiger partial charge in [-0.15, -0.1) is 0 Å². The Kier molecular flexibility index (Phi) is 3.53. The van der Waals surface area contributed by atoms with Crippen molar-refractivity contribution in [3.63, 3.8) is 0 Å². The number of ether oxygens (including phenoxy) is 1. The van der Waals surface area contributed by atoms with E-state index >= 15 is 0 Å². The Labute approximate surface area is 126 Å². The smallest absolute Gasteiger partial charge is 0.345 e. The molecule has 0 saturated heterocycles. The second kappa shape index (κ2) is 5.65. The molecule has 5 nitrogen and oxygen atoms in total. The molecule has 0 atom stereocenters. The molecule has 2 aromatic carbocycles. The second-order valence-electron chi connectivity index (χ2n) is 4.56. The molecule has 3 rings (SSSR count). The van der Waals surface area contributed by atoms with E-state index in [2.05, 4.69) is 0 Å². The molecule has 5 heteroatoms.